The zero-order valence-corrected chi connectivity index (χ0v) is 17.2. The fourth-order valence-corrected chi connectivity index (χ4v) is 4.25. The van der Waals surface area contributed by atoms with Crippen LogP contribution in [-0.2, 0) is 17.8 Å². The lowest BCUT2D eigenvalue weighted by Crippen LogP contribution is -2.43. The SMILES string of the molecule is O=C(Cc1ccccc1)N[C@H](c1ccccn1)[C@H]1CCCN(Cc2ccncc2)C1. The van der Waals surface area contributed by atoms with Crippen molar-refractivity contribution in [2.45, 2.75) is 31.8 Å². The molecule has 1 aliphatic rings. The van der Waals surface area contributed by atoms with Gasteiger partial charge in [-0.1, -0.05) is 36.4 Å². The van der Waals surface area contributed by atoms with E-state index in [1.54, 1.807) is 0 Å². The number of carbonyl (C=O) groups is 1. The van der Waals surface area contributed by atoms with Gasteiger partial charge >= 0.3 is 0 Å². The molecule has 0 spiro atoms. The van der Waals surface area contributed by atoms with Gasteiger partial charge in [0.15, 0.2) is 0 Å². The number of likely N-dealkylation sites (tertiary alicyclic amines) is 1. The molecule has 30 heavy (non-hydrogen) atoms. The van der Waals surface area contributed by atoms with E-state index in [9.17, 15) is 4.79 Å². The first-order valence-corrected chi connectivity index (χ1v) is 10.6. The highest BCUT2D eigenvalue weighted by Crippen LogP contribution is 2.29. The Kier molecular flexibility index (Phi) is 6.83. The number of amides is 1. The molecule has 2 atom stereocenters. The molecule has 1 saturated heterocycles. The lowest BCUT2D eigenvalue weighted by molar-refractivity contribution is -0.121. The van der Waals surface area contributed by atoms with Gasteiger partial charge in [-0.15, -0.1) is 0 Å². The molecule has 154 valence electrons. The summed E-state index contributed by atoms with van der Waals surface area (Å²) in [4.78, 5) is 24.0. The van der Waals surface area contributed by atoms with Crippen LogP contribution in [0.5, 0.6) is 0 Å². The molecule has 3 aromatic rings. The fraction of sp³-hybridized carbons (Fsp3) is 0.320. The predicted octanol–water partition coefficient (Wildman–Crippen LogP) is 3.79. The topological polar surface area (TPSA) is 58.1 Å². The van der Waals surface area contributed by atoms with Gasteiger partial charge in [0.2, 0.25) is 5.91 Å². The Labute approximate surface area is 178 Å². The Bertz CT molecular complexity index is 918. The van der Waals surface area contributed by atoms with E-state index in [4.69, 9.17) is 0 Å². The maximum absolute atomic E-state index is 12.9. The van der Waals surface area contributed by atoms with E-state index < -0.39 is 0 Å². The third-order valence-corrected chi connectivity index (χ3v) is 5.70. The van der Waals surface area contributed by atoms with E-state index in [0.717, 1.165) is 43.7 Å². The van der Waals surface area contributed by atoms with E-state index in [1.807, 2.05) is 67.1 Å². The molecule has 1 aromatic carbocycles. The normalized spacial score (nSPS) is 17.9. The number of pyridine rings is 2. The molecule has 0 saturated carbocycles. The molecular weight excluding hydrogens is 372 g/mol. The van der Waals surface area contributed by atoms with Gasteiger partial charge in [0.25, 0.3) is 0 Å². The van der Waals surface area contributed by atoms with Gasteiger partial charge in [-0.05, 0) is 60.7 Å². The highest BCUT2D eigenvalue weighted by Gasteiger charge is 2.30. The number of hydrogen-bond acceptors (Lipinski definition) is 4. The van der Waals surface area contributed by atoms with Crippen molar-refractivity contribution in [3.8, 4) is 0 Å². The van der Waals surface area contributed by atoms with Crippen molar-refractivity contribution in [2.24, 2.45) is 5.92 Å². The Morgan fingerprint density at radius 1 is 1.00 bits per heavy atom. The van der Waals surface area contributed by atoms with Crippen LogP contribution in [0.2, 0.25) is 0 Å². The van der Waals surface area contributed by atoms with Crippen molar-refractivity contribution in [2.75, 3.05) is 13.1 Å². The molecule has 5 nitrogen and oxygen atoms in total. The minimum Gasteiger partial charge on any atom is -0.347 e. The second-order valence-electron chi connectivity index (χ2n) is 7.96. The third kappa shape index (κ3) is 5.51. The number of piperidine rings is 1. The molecule has 1 amide bonds. The number of benzene rings is 1. The highest BCUT2D eigenvalue weighted by molar-refractivity contribution is 5.79. The second-order valence-corrected chi connectivity index (χ2v) is 7.96. The Morgan fingerprint density at radius 2 is 1.80 bits per heavy atom. The Balaban J connectivity index is 1.47. The minimum atomic E-state index is -0.0809. The van der Waals surface area contributed by atoms with Gasteiger partial charge in [0.1, 0.15) is 0 Å². The maximum Gasteiger partial charge on any atom is 0.224 e. The molecule has 0 bridgehead atoms. The summed E-state index contributed by atoms with van der Waals surface area (Å²) in [5, 5.41) is 3.30. The van der Waals surface area contributed by atoms with Crippen molar-refractivity contribution in [1.29, 1.82) is 0 Å². The zero-order chi connectivity index (χ0) is 20.6. The van der Waals surface area contributed by atoms with Crippen molar-refractivity contribution < 1.29 is 4.79 Å². The standard InChI is InChI=1S/C25H28N4O/c30-24(17-20-7-2-1-3-8-20)28-25(23-10-4-5-13-27-23)22-9-6-16-29(19-22)18-21-11-14-26-15-12-21/h1-5,7-8,10-15,22,25H,6,9,16-19H2,(H,28,30)/t22-,25-/m0/s1. The summed E-state index contributed by atoms with van der Waals surface area (Å²) in [6.45, 7) is 2.92. The second kappa shape index (κ2) is 10.1. The Morgan fingerprint density at radius 3 is 2.57 bits per heavy atom. The van der Waals surface area contributed by atoms with Crippen molar-refractivity contribution >= 4 is 5.91 Å². The van der Waals surface area contributed by atoms with Crippen LogP contribution >= 0.6 is 0 Å². The van der Waals surface area contributed by atoms with Crippen molar-refractivity contribution in [3.05, 3.63) is 96.1 Å². The molecule has 0 radical (unpaired) electrons. The first kappa shape index (κ1) is 20.2. The summed E-state index contributed by atoms with van der Waals surface area (Å²) >= 11 is 0. The molecule has 2 aromatic heterocycles. The fourth-order valence-electron chi connectivity index (χ4n) is 4.25. The minimum absolute atomic E-state index is 0.0445. The van der Waals surface area contributed by atoms with Crippen LogP contribution < -0.4 is 5.32 Å². The van der Waals surface area contributed by atoms with E-state index in [0.29, 0.717) is 12.3 Å². The summed E-state index contributed by atoms with van der Waals surface area (Å²) in [5.41, 5.74) is 3.24. The largest absolute Gasteiger partial charge is 0.347 e. The van der Waals surface area contributed by atoms with E-state index in [2.05, 4.69) is 32.3 Å². The van der Waals surface area contributed by atoms with Gasteiger partial charge < -0.3 is 5.32 Å². The summed E-state index contributed by atoms with van der Waals surface area (Å²) < 4.78 is 0. The average Bonchev–Trinajstić information content (AvgIpc) is 2.80. The van der Waals surface area contributed by atoms with Crippen LogP contribution in [0.4, 0.5) is 0 Å². The van der Waals surface area contributed by atoms with E-state index in [1.165, 1.54) is 5.56 Å². The summed E-state index contributed by atoms with van der Waals surface area (Å²) in [6.07, 6.45) is 8.09. The van der Waals surface area contributed by atoms with E-state index >= 15 is 0 Å². The Hall–Kier alpha value is -3.05. The molecule has 0 unspecified atom stereocenters. The molecule has 4 rings (SSSR count). The van der Waals surface area contributed by atoms with Crippen LogP contribution in [0.15, 0.2) is 79.3 Å². The lowest BCUT2D eigenvalue weighted by atomic mass is 9.88. The zero-order valence-electron chi connectivity index (χ0n) is 17.2. The predicted molar refractivity (Wildman–Crippen MR) is 118 cm³/mol. The number of aromatic nitrogens is 2. The number of carbonyl (C=O) groups excluding carboxylic acids is 1. The first-order chi connectivity index (χ1) is 14.8. The van der Waals surface area contributed by atoms with Gasteiger partial charge in [0.05, 0.1) is 18.2 Å². The van der Waals surface area contributed by atoms with Crippen LogP contribution in [0.3, 0.4) is 0 Å². The lowest BCUT2D eigenvalue weighted by Gasteiger charge is -2.37. The van der Waals surface area contributed by atoms with Gasteiger partial charge in [-0.25, -0.2) is 0 Å². The molecule has 1 aliphatic heterocycles. The van der Waals surface area contributed by atoms with Gasteiger partial charge in [-0.3, -0.25) is 19.7 Å². The highest BCUT2D eigenvalue weighted by atomic mass is 16.1. The summed E-state index contributed by atoms with van der Waals surface area (Å²) in [7, 11) is 0. The van der Waals surface area contributed by atoms with Gasteiger partial charge in [0, 0.05) is 31.7 Å². The maximum atomic E-state index is 12.9. The smallest absolute Gasteiger partial charge is 0.224 e. The molecule has 1 fully saturated rings. The third-order valence-electron chi connectivity index (χ3n) is 5.70. The first-order valence-electron chi connectivity index (χ1n) is 10.6. The molecule has 0 aliphatic carbocycles. The average molecular weight is 401 g/mol. The van der Waals surface area contributed by atoms with Crippen molar-refractivity contribution in [3.63, 3.8) is 0 Å². The number of hydrogen-bond donors (Lipinski definition) is 1. The monoisotopic (exact) mass is 400 g/mol. The molecule has 1 N–H and O–H groups in total. The molecule has 3 heterocycles. The molecule has 5 heteroatoms. The van der Waals surface area contributed by atoms with Crippen molar-refractivity contribution in [1.82, 2.24) is 20.2 Å². The quantitative estimate of drug-likeness (QED) is 0.656. The van der Waals surface area contributed by atoms with Crippen LogP contribution in [0.25, 0.3) is 0 Å². The summed E-state index contributed by atoms with van der Waals surface area (Å²) in [5.74, 6) is 0.373. The van der Waals surface area contributed by atoms with E-state index in [-0.39, 0.29) is 11.9 Å². The van der Waals surface area contributed by atoms with Crippen LogP contribution in [0, 0.1) is 5.92 Å². The summed E-state index contributed by atoms with van der Waals surface area (Å²) in [6, 6.07) is 19.9. The number of nitrogens with one attached hydrogen (secondary N) is 1. The van der Waals surface area contributed by atoms with Gasteiger partial charge in [-0.2, -0.15) is 0 Å². The van der Waals surface area contributed by atoms with Crippen LogP contribution in [0.1, 0.15) is 35.7 Å². The number of rotatable bonds is 7. The van der Waals surface area contributed by atoms with Crippen LogP contribution in [-0.4, -0.2) is 33.9 Å². The number of nitrogens with zero attached hydrogens (tertiary/aromatic N) is 3. The molecular formula is C25H28N4O.